The minimum Gasteiger partial charge on any atom is -0.350 e. The van der Waals surface area contributed by atoms with E-state index in [2.05, 4.69) is 4.98 Å². The van der Waals surface area contributed by atoms with Crippen LogP contribution in [0.3, 0.4) is 0 Å². The van der Waals surface area contributed by atoms with E-state index in [4.69, 9.17) is 11.6 Å². The first-order valence-corrected chi connectivity index (χ1v) is 8.43. The molecule has 0 saturated carbocycles. The Morgan fingerprint density at radius 3 is 2.48 bits per heavy atom. The number of nitrogens with zero attached hydrogens (tertiary/aromatic N) is 3. The van der Waals surface area contributed by atoms with Gasteiger partial charge in [-0.05, 0) is 32.3 Å². The van der Waals surface area contributed by atoms with E-state index in [0.717, 1.165) is 0 Å². The number of H-pyrrole nitrogens is 1. The summed E-state index contributed by atoms with van der Waals surface area (Å²) in [7, 11) is 3.70. The summed E-state index contributed by atoms with van der Waals surface area (Å²) in [6.07, 6.45) is 0. The molecule has 25 heavy (non-hydrogen) atoms. The number of piperazine rings is 1. The van der Waals surface area contributed by atoms with Gasteiger partial charge in [0, 0.05) is 37.1 Å². The zero-order valence-corrected chi connectivity index (χ0v) is 14.9. The molecule has 134 valence electrons. The molecule has 1 fully saturated rings. The monoisotopic (exact) mass is 366 g/mol. The highest BCUT2D eigenvalue weighted by Crippen LogP contribution is 2.27. The van der Waals surface area contributed by atoms with Gasteiger partial charge in [-0.1, -0.05) is 11.6 Å². The quantitative estimate of drug-likeness (QED) is 0.901. The van der Waals surface area contributed by atoms with Crippen LogP contribution >= 0.6 is 11.6 Å². The van der Waals surface area contributed by atoms with Gasteiger partial charge in [0.25, 0.3) is 5.91 Å². The Morgan fingerprint density at radius 1 is 1.20 bits per heavy atom. The largest absolute Gasteiger partial charge is 0.350 e. The molecule has 6 nitrogen and oxygen atoms in total. The van der Waals surface area contributed by atoms with Crippen LogP contribution in [-0.2, 0) is 4.79 Å². The summed E-state index contributed by atoms with van der Waals surface area (Å²) >= 11 is 5.96. The van der Waals surface area contributed by atoms with Crippen molar-refractivity contribution >= 4 is 34.3 Å². The van der Waals surface area contributed by atoms with Crippen molar-refractivity contribution in [2.24, 2.45) is 0 Å². The van der Waals surface area contributed by atoms with E-state index in [1.165, 1.54) is 6.07 Å². The van der Waals surface area contributed by atoms with Crippen LogP contribution < -0.4 is 0 Å². The van der Waals surface area contributed by atoms with Crippen molar-refractivity contribution in [3.8, 4) is 0 Å². The topological polar surface area (TPSA) is 59.7 Å². The van der Waals surface area contributed by atoms with Crippen LogP contribution in [0, 0.1) is 5.82 Å². The van der Waals surface area contributed by atoms with Crippen molar-refractivity contribution in [2.45, 2.75) is 0 Å². The molecule has 2 heterocycles. The van der Waals surface area contributed by atoms with E-state index in [-0.39, 0.29) is 16.8 Å². The third-order valence-corrected chi connectivity index (χ3v) is 4.68. The summed E-state index contributed by atoms with van der Waals surface area (Å²) < 4.78 is 13.5. The first-order chi connectivity index (χ1) is 11.9. The number of hydrogen-bond acceptors (Lipinski definition) is 3. The number of benzene rings is 1. The third kappa shape index (κ3) is 3.62. The average molecular weight is 367 g/mol. The predicted octanol–water partition coefficient (Wildman–Crippen LogP) is 1.81. The standard InChI is InChI=1S/C17H20ClFN4O2/c1-21(2)10-15(24)22-5-7-23(8-6-22)17(25)14-9-11-13(20-14)4-3-12(19)16(11)18/h3-4,9,20H,5-8,10H2,1-2H3. The summed E-state index contributed by atoms with van der Waals surface area (Å²) in [6, 6.07) is 4.41. The Hall–Kier alpha value is -2.12. The summed E-state index contributed by atoms with van der Waals surface area (Å²) in [5, 5.41) is 0.497. The molecule has 8 heteroatoms. The zero-order chi connectivity index (χ0) is 18.1. The van der Waals surface area contributed by atoms with Crippen molar-refractivity contribution in [3.63, 3.8) is 0 Å². The fourth-order valence-corrected chi connectivity index (χ4v) is 3.18. The van der Waals surface area contributed by atoms with Crippen LogP contribution in [0.15, 0.2) is 18.2 Å². The fraction of sp³-hybridized carbons (Fsp3) is 0.412. The van der Waals surface area contributed by atoms with Crippen molar-refractivity contribution < 1.29 is 14.0 Å². The van der Waals surface area contributed by atoms with Crippen LogP contribution in [0.5, 0.6) is 0 Å². The first-order valence-electron chi connectivity index (χ1n) is 8.05. The number of aromatic amines is 1. The smallest absolute Gasteiger partial charge is 0.270 e. The molecule has 0 bridgehead atoms. The molecule has 1 aromatic carbocycles. The lowest BCUT2D eigenvalue weighted by molar-refractivity contribution is -0.133. The summed E-state index contributed by atoms with van der Waals surface area (Å²) in [4.78, 5) is 33.0. The van der Waals surface area contributed by atoms with Gasteiger partial charge < -0.3 is 19.7 Å². The molecular formula is C17H20ClFN4O2. The number of carbonyl (C=O) groups excluding carboxylic acids is 2. The number of amides is 2. The lowest BCUT2D eigenvalue weighted by Crippen LogP contribution is -2.52. The number of halogens is 2. The van der Waals surface area contributed by atoms with Crippen LogP contribution in [0.25, 0.3) is 10.9 Å². The van der Waals surface area contributed by atoms with E-state index in [0.29, 0.717) is 49.3 Å². The van der Waals surface area contributed by atoms with Gasteiger partial charge in [0.15, 0.2) is 0 Å². The van der Waals surface area contributed by atoms with Crippen molar-refractivity contribution in [1.82, 2.24) is 19.7 Å². The predicted molar refractivity (Wildman–Crippen MR) is 94.3 cm³/mol. The number of hydrogen-bond donors (Lipinski definition) is 1. The molecule has 1 aliphatic heterocycles. The van der Waals surface area contributed by atoms with Crippen LogP contribution in [0.4, 0.5) is 4.39 Å². The van der Waals surface area contributed by atoms with Gasteiger partial charge in [0.2, 0.25) is 5.91 Å². The minimum atomic E-state index is -0.514. The second-order valence-electron chi connectivity index (χ2n) is 6.42. The maximum absolute atomic E-state index is 13.5. The van der Waals surface area contributed by atoms with Crippen molar-refractivity contribution in [2.75, 3.05) is 46.8 Å². The summed E-state index contributed by atoms with van der Waals surface area (Å²) in [5.41, 5.74) is 0.991. The molecule has 2 aromatic rings. The maximum atomic E-state index is 13.5. The van der Waals surface area contributed by atoms with Gasteiger partial charge >= 0.3 is 0 Å². The molecule has 0 unspecified atom stereocenters. The molecule has 0 aliphatic carbocycles. The normalized spacial score (nSPS) is 15.2. The molecule has 1 N–H and O–H groups in total. The molecule has 1 saturated heterocycles. The van der Waals surface area contributed by atoms with Crippen LogP contribution in [-0.4, -0.2) is 78.3 Å². The van der Waals surface area contributed by atoms with E-state index in [9.17, 15) is 14.0 Å². The number of likely N-dealkylation sites (N-methyl/N-ethyl adjacent to an activating group) is 1. The lowest BCUT2D eigenvalue weighted by Gasteiger charge is -2.35. The molecule has 0 atom stereocenters. The Bertz CT molecular complexity index is 812. The molecule has 1 aliphatic rings. The van der Waals surface area contributed by atoms with E-state index in [1.54, 1.807) is 21.9 Å². The van der Waals surface area contributed by atoms with Gasteiger partial charge in [-0.25, -0.2) is 4.39 Å². The summed E-state index contributed by atoms with van der Waals surface area (Å²) in [5.74, 6) is -0.627. The summed E-state index contributed by atoms with van der Waals surface area (Å²) in [6.45, 7) is 2.31. The molecule has 2 amide bonds. The van der Waals surface area contributed by atoms with E-state index >= 15 is 0 Å². The van der Waals surface area contributed by atoms with Crippen LogP contribution in [0.1, 0.15) is 10.5 Å². The van der Waals surface area contributed by atoms with E-state index in [1.807, 2.05) is 19.0 Å². The number of carbonyl (C=O) groups is 2. The third-order valence-electron chi connectivity index (χ3n) is 4.29. The highest BCUT2D eigenvalue weighted by molar-refractivity contribution is 6.35. The maximum Gasteiger partial charge on any atom is 0.270 e. The second-order valence-corrected chi connectivity index (χ2v) is 6.79. The van der Waals surface area contributed by atoms with Gasteiger partial charge in [-0.2, -0.15) is 0 Å². The first kappa shape index (κ1) is 17.7. The highest BCUT2D eigenvalue weighted by atomic mass is 35.5. The zero-order valence-electron chi connectivity index (χ0n) is 14.2. The molecule has 1 aromatic heterocycles. The van der Waals surface area contributed by atoms with Gasteiger partial charge in [0.1, 0.15) is 11.5 Å². The Kier molecular flexibility index (Phi) is 4.96. The number of nitrogens with one attached hydrogen (secondary N) is 1. The number of rotatable bonds is 3. The van der Waals surface area contributed by atoms with Crippen molar-refractivity contribution in [1.29, 1.82) is 0 Å². The number of aromatic nitrogens is 1. The average Bonchev–Trinajstić information content (AvgIpc) is 3.02. The molecule has 0 radical (unpaired) electrons. The molecule has 0 spiro atoms. The fourth-order valence-electron chi connectivity index (χ4n) is 2.96. The Labute approximate surface area is 150 Å². The minimum absolute atomic E-state index is 0.00639. The van der Waals surface area contributed by atoms with Gasteiger partial charge in [0.05, 0.1) is 11.6 Å². The highest BCUT2D eigenvalue weighted by Gasteiger charge is 2.26. The van der Waals surface area contributed by atoms with E-state index < -0.39 is 5.82 Å². The SMILES string of the molecule is CN(C)CC(=O)N1CCN(C(=O)c2cc3c(Cl)c(F)ccc3[nH]2)CC1. The Balaban J connectivity index is 1.69. The van der Waals surface area contributed by atoms with Crippen molar-refractivity contribution in [3.05, 3.63) is 34.7 Å². The van der Waals surface area contributed by atoms with Gasteiger partial charge in [-0.3, -0.25) is 9.59 Å². The lowest BCUT2D eigenvalue weighted by atomic mass is 10.2. The molecule has 3 rings (SSSR count). The van der Waals surface area contributed by atoms with Gasteiger partial charge in [-0.15, -0.1) is 0 Å². The second kappa shape index (κ2) is 7.01. The Morgan fingerprint density at radius 2 is 1.84 bits per heavy atom. The molecular weight excluding hydrogens is 347 g/mol. The van der Waals surface area contributed by atoms with Crippen LogP contribution in [0.2, 0.25) is 5.02 Å². The number of fused-ring (bicyclic) bond motifs is 1.